The van der Waals surface area contributed by atoms with Gasteiger partial charge in [0.05, 0.1) is 35.4 Å². The minimum atomic E-state index is -0.754. The number of halogens is 3. The Hall–Kier alpha value is -2.27. The fraction of sp³-hybridized carbons (Fsp3) is 0.176. The second-order valence-corrected chi connectivity index (χ2v) is 6.81. The summed E-state index contributed by atoms with van der Waals surface area (Å²) in [7, 11) is 1.68. The van der Waals surface area contributed by atoms with Gasteiger partial charge in [-0.05, 0) is 46.9 Å². The standard InChI is InChI=1S/C17H15F2IN4O2/c1-24-8-22-16-13(24)7-10(17(26)21-4-5-25)15(14(16)19)23-12-3-2-9(20)6-11(12)18/h2-3,6-8,23,25H,4-5H2,1H3,(H,21,26). The predicted molar refractivity (Wildman–Crippen MR) is 102 cm³/mol. The van der Waals surface area contributed by atoms with Crippen molar-refractivity contribution in [2.24, 2.45) is 7.05 Å². The van der Waals surface area contributed by atoms with E-state index in [-0.39, 0.29) is 35.6 Å². The van der Waals surface area contributed by atoms with Crippen molar-refractivity contribution in [3.05, 3.63) is 51.4 Å². The molecule has 136 valence electrons. The van der Waals surface area contributed by atoms with E-state index in [1.807, 2.05) is 22.6 Å². The Kier molecular flexibility index (Phi) is 5.37. The summed E-state index contributed by atoms with van der Waals surface area (Å²) in [6.07, 6.45) is 1.43. The van der Waals surface area contributed by atoms with Crippen LogP contribution in [-0.2, 0) is 7.05 Å². The number of carbonyl (C=O) groups excluding carboxylic acids is 1. The smallest absolute Gasteiger partial charge is 0.253 e. The van der Waals surface area contributed by atoms with Crippen LogP contribution in [0.3, 0.4) is 0 Å². The summed E-state index contributed by atoms with van der Waals surface area (Å²) in [5.41, 5.74) is 0.345. The third kappa shape index (κ3) is 3.49. The van der Waals surface area contributed by atoms with Gasteiger partial charge in [-0.2, -0.15) is 0 Å². The van der Waals surface area contributed by atoms with Crippen LogP contribution in [0.5, 0.6) is 0 Å². The van der Waals surface area contributed by atoms with Crippen molar-refractivity contribution in [1.82, 2.24) is 14.9 Å². The molecule has 0 aliphatic carbocycles. The summed E-state index contributed by atoms with van der Waals surface area (Å²) in [5.74, 6) is -1.91. The maximum absolute atomic E-state index is 15.0. The molecule has 2 aromatic carbocycles. The number of benzene rings is 2. The first-order valence-corrected chi connectivity index (χ1v) is 8.75. The van der Waals surface area contributed by atoms with Crippen LogP contribution in [0, 0.1) is 15.2 Å². The van der Waals surface area contributed by atoms with Gasteiger partial charge in [0.15, 0.2) is 5.82 Å². The number of hydrogen-bond donors (Lipinski definition) is 3. The zero-order valence-corrected chi connectivity index (χ0v) is 15.8. The number of anilines is 2. The highest BCUT2D eigenvalue weighted by atomic mass is 127. The molecule has 0 spiro atoms. The van der Waals surface area contributed by atoms with Gasteiger partial charge in [-0.25, -0.2) is 13.8 Å². The highest BCUT2D eigenvalue weighted by molar-refractivity contribution is 14.1. The zero-order chi connectivity index (χ0) is 18.8. The first-order valence-electron chi connectivity index (χ1n) is 7.67. The van der Waals surface area contributed by atoms with Crippen molar-refractivity contribution >= 4 is 50.9 Å². The molecule has 0 saturated heterocycles. The summed E-state index contributed by atoms with van der Waals surface area (Å²) in [6, 6.07) is 5.90. The highest BCUT2D eigenvalue weighted by Crippen LogP contribution is 2.31. The molecule has 3 N–H and O–H groups in total. The van der Waals surface area contributed by atoms with Gasteiger partial charge >= 0.3 is 0 Å². The number of nitrogens with one attached hydrogen (secondary N) is 2. The Morgan fingerprint density at radius 1 is 1.35 bits per heavy atom. The lowest BCUT2D eigenvalue weighted by atomic mass is 10.1. The van der Waals surface area contributed by atoms with Crippen molar-refractivity contribution in [3.63, 3.8) is 0 Å². The Bertz CT molecular complexity index is 991. The number of nitrogens with zero attached hydrogens (tertiary/aromatic N) is 2. The molecule has 0 fully saturated rings. The lowest BCUT2D eigenvalue weighted by Crippen LogP contribution is -2.27. The molecule has 1 amide bonds. The number of hydrogen-bond acceptors (Lipinski definition) is 4. The lowest BCUT2D eigenvalue weighted by Gasteiger charge is -2.15. The molecule has 1 heterocycles. The molecular formula is C17H15F2IN4O2. The molecule has 6 nitrogen and oxygen atoms in total. The van der Waals surface area contributed by atoms with Crippen molar-refractivity contribution in [2.45, 2.75) is 0 Å². The maximum Gasteiger partial charge on any atom is 0.253 e. The van der Waals surface area contributed by atoms with Crippen molar-refractivity contribution in [1.29, 1.82) is 0 Å². The molecule has 26 heavy (non-hydrogen) atoms. The van der Waals surface area contributed by atoms with E-state index in [0.717, 1.165) is 0 Å². The Morgan fingerprint density at radius 2 is 2.12 bits per heavy atom. The number of aryl methyl sites for hydroxylation is 1. The molecule has 3 rings (SSSR count). The summed E-state index contributed by atoms with van der Waals surface area (Å²) in [4.78, 5) is 16.4. The normalized spacial score (nSPS) is 11.0. The van der Waals surface area contributed by atoms with Gasteiger partial charge in [-0.1, -0.05) is 0 Å². The monoisotopic (exact) mass is 472 g/mol. The van der Waals surface area contributed by atoms with E-state index < -0.39 is 17.5 Å². The Morgan fingerprint density at radius 3 is 2.81 bits per heavy atom. The van der Waals surface area contributed by atoms with Crippen molar-refractivity contribution < 1.29 is 18.7 Å². The predicted octanol–water partition coefficient (Wildman–Crippen LogP) is 2.92. The summed E-state index contributed by atoms with van der Waals surface area (Å²) >= 11 is 1.96. The van der Waals surface area contributed by atoms with Gasteiger partial charge in [0, 0.05) is 17.2 Å². The van der Waals surface area contributed by atoms with Crippen LogP contribution in [0.15, 0.2) is 30.6 Å². The van der Waals surface area contributed by atoms with E-state index >= 15 is 4.39 Å². The average molecular weight is 472 g/mol. The van der Waals surface area contributed by atoms with E-state index in [4.69, 9.17) is 5.11 Å². The zero-order valence-electron chi connectivity index (χ0n) is 13.7. The van der Waals surface area contributed by atoms with Crippen LogP contribution in [0.25, 0.3) is 11.0 Å². The molecule has 0 atom stereocenters. The minimum Gasteiger partial charge on any atom is -0.395 e. The summed E-state index contributed by atoms with van der Waals surface area (Å²) < 4.78 is 31.5. The molecule has 0 aliphatic heterocycles. The largest absolute Gasteiger partial charge is 0.395 e. The van der Waals surface area contributed by atoms with Gasteiger partial charge in [-0.15, -0.1) is 0 Å². The Labute approximate surface area is 161 Å². The van der Waals surface area contributed by atoms with Crippen LogP contribution < -0.4 is 10.6 Å². The average Bonchev–Trinajstić information content (AvgIpc) is 2.98. The van der Waals surface area contributed by atoms with Crippen LogP contribution in [0.1, 0.15) is 10.4 Å². The molecule has 0 unspecified atom stereocenters. The number of carbonyl (C=O) groups is 1. The number of aromatic nitrogens is 2. The van der Waals surface area contributed by atoms with Gasteiger partial charge in [0.2, 0.25) is 0 Å². The van der Waals surface area contributed by atoms with E-state index in [1.54, 1.807) is 17.7 Å². The quantitative estimate of drug-likeness (QED) is 0.500. The molecule has 1 aromatic heterocycles. The maximum atomic E-state index is 15.0. The highest BCUT2D eigenvalue weighted by Gasteiger charge is 2.22. The van der Waals surface area contributed by atoms with E-state index in [1.165, 1.54) is 24.5 Å². The molecule has 0 bridgehead atoms. The molecule has 9 heteroatoms. The fourth-order valence-corrected chi connectivity index (χ4v) is 2.97. The van der Waals surface area contributed by atoms with E-state index in [0.29, 0.717) is 9.09 Å². The number of aliphatic hydroxyl groups is 1. The van der Waals surface area contributed by atoms with Crippen molar-refractivity contribution in [3.8, 4) is 0 Å². The number of rotatable bonds is 5. The third-order valence-electron chi connectivity index (χ3n) is 3.79. The SMILES string of the molecule is Cn1cnc2c(F)c(Nc3ccc(I)cc3F)c(C(=O)NCCO)cc21. The van der Waals surface area contributed by atoms with Crippen LogP contribution in [-0.4, -0.2) is 33.7 Å². The first-order chi connectivity index (χ1) is 12.4. The number of aliphatic hydroxyl groups excluding tert-OH is 1. The molecular weight excluding hydrogens is 457 g/mol. The summed E-state index contributed by atoms with van der Waals surface area (Å²) in [5, 5.41) is 14.0. The summed E-state index contributed by atoms with van der Waals surface area (Å²) in [6.45, 7) is -0.238. The topological polar surface area (TPSA) is 79.2 Å². The van der Waals surface area contributed by atoms with E-state index in [2.05, 4.69) is 15.6 Å². The van der Waals surface area contributed by atoms with Crippen LogP contribution >= 0.6 is 22.6 Å². The number of amides is 1. The molecule has 3 aromatic rings. The third-order valence-corrected chi connectivity index (χ3v) is 4.46. The lowest BCUT2D eigenvalue weighted by molar-refractivity contribution is 0.0945. The molecule has 0 saturated carbocycles. The molecule has 0 radical (unpaired) electrons. The minimum absolute atomic E-state index is 0.00926. The second kappa shape index (κ2) is 7.54. The van der Waals surface area contributed by atoms with Gasteiger partial charge in [0.25, 0.3) is 5.91 Å². The van der Waals surface area contributed by atoms with Crippen LogP contribution in [0.4, 0.5) is 20.2 Å². The van der Waals surface area contributed by atoms with E-state index in [9.17, 15) is 9.18 Å². The number of fused-ring (bicyclic) bond motifs is 1. The van der Waals surface area contributed by atoms with Gasteiger partial charge in [0.1, 0.15) is 11.3 Å². The first kappa shape index (κ1) is 18.5. The fourth-order valence-electron chi connectivity index (χ4n) is 2.52. The van der Waals surface area contributed by atoms with Gasteiger partial charge in [-0.3, -0.25) is 4.79 Å². The van der Waals surface area contributed by atoms with Crippen LogP contribution in [0.2, 0.25) is 0 Å². The Balaban J connectivity index is 2.14. The molecule has 0 aliphatic rings. The second-order valence-electron chi connectivity index (χ2n) is 5.56. The number of imidazole rings is 1. The van der Waals surface area contributed by atoms with Gasteiger partial charge < -0.3 is 20.3 Å². The van der Waals surface area contributed by atoms with Crippen molar-refractivity contribution in [2.75, 3.05) is 18.5 Å².